The average Bonchev–Trinajstić information content (AvgIpc) is 2.26. The lowest BCUT2D eigenvalue weighted by atomic mass is 10.2. The summed E-state index contributed by atoms with van der Waals surface area (Å²) in [5.74, 6) is 1.31. The van der Waals surface area contributed by atoms with Crippen LogP contribution in [0.3, 0.4) is 0 Å². The Kier molecular flexibility index (Phi) is 4.72. The molecule has 1 N–H and O–H groups in total. The second-order valence-corrected chi connectivity index (χ2v) is 3.43. The van der Waals surface area contributed by atoms with Gasteiger partial charge in [0.2, 0.25) is 0 Å². The molecule has 0 bridgehead atoms. The summed E-state index contributed by atoms with van der Waals surface area (Å²) in [4.78, 5) is 0. The molecular weight excluding hydrogens is 214 g/mol. The molecular formula is C11H16ClNO2. The quantitative estimate of drug-likeness (QED) is 0.842. The van der Waals surface area contributed by atoms with E-state index in [-0.39, 0.29) is 0 Å². The Morgan fingerprint density at radius 1 is 1.27 bits per heavy atom. The van der Waals surface area contributed by atoms with Crippen LogP contribution in [0.1, 0.15) is 12.5 Å². The summed E-state index contributed by atoms with van der Waals surface area (Å²) in [6.45, 7) is 3.70. The fourth-order valence-corrected chi connectivity index (χ4v) is 1.69. The molecule has 0 amide bonds. The Morgan fingerprint density at radius 3 is 2.53 bits per heavy atom. The largest absolute Gasteiger partial charge is 0.495 e. The van der Waals surface area contributed by atoms with Crippen molar-refractivity contribution in [3.05, 3.63) is 22.7 Å². The Labute approximate surface area is 95.3 Å². The molecule has 0 aliphatic rings. The molecule has 4 heteroatoms. The first kappa shape index (κ1) is 12.1. The molecule has 84 valence electrons. The third kappa shape index (κ3) is 2.76. The van der Waals surface area contributed by atoms with Crippen molar-refractivity contribution in [1.82, 2.24) is 5.32 Å². The molecule has 1 aromatic carbocycles. The molecule has 3 nitrogen and oxygen atoms in total. The highest BCUT2D eigenvalue weighted by molar-refractivity contribution is 6.33. The van der Waals surface area contributed by atoms with Crippen molar-refractivity contribution in [2.45, 2.75) is 13.5 Å². The smallest absolute Gasteiger partial charge is 0.145 e. The van der Waals surface area contributed by atoms with E-state index in [4.69, 9.17) is 21.1 Å². The van der Waals surface area contributed by atoms with E-state index in [1.807, 2.05) is 12.1 Å². The second kappa shape index (κ2) is 5.83. The highest BCUT2D eigenvalue weighted by atomic mass is 35.5. The van der Waals surface area contributed by atoms with E-state index >= 15 is 0 Å². The van der Waals surface area contributed by atoms with Crippen LogP contribution < -0.4 is 14.8 Å². The van der Waals surface area contributed by atoms with Gasteiger partial charge in [-0.25, -0.2) is 0 Å². The van der Waals surface area contributed by atoms with E-state index in [1.165, 1.54) is 0 Å². The van der Waals surface area contributed by atoms with Crippen molar-refractivity contribution in [2.24, 2.45) is 0 Å². The summed E-state index contributed by atoms with van der Waals surface area (Å²) in [6.07, 6.45) is 0. The third-order valence-electron chi connectivity index (χ3n) is 2.13. The second-order valence-electron chi connectivity index (χ2n) is 3.05. The fraction of sp³-hybridized carbons (Fsp3) is 0.455. The zero-order chi connectivity index (χ0) is 11.3. The molecule has 0 heterocycles. The summed E-state index contributed by atoms with van der Waals surface area (Å²) >= 11 is 6.12. The van der Waals surface area contributed by atoms with Crippen molar-refractivity contribution >= 4 is 11.6 Å². The van der Waals surface area contributed by atoms with Crippen LogP contribution in [0.4, 0.5) is 0 Å². The Morgan fingerprint density at radius 2 is 2.00 bits per heavy atom. The predicted octanol–water partition coefficient (Wildman–Crippen LogP) is 2.47. The molecule has 0 fully saturated rings. The number of hydrogen-bond acceptors (Lipinski definition) is 3. The van der Waals surface area contributed by atoms with Gasteiger partial charge in [0.1, 0.15) is 16.5 Å². The van der Waals surface area contributed by atoms with Crippen LogP contribution in [-0.2, 0) is 6.54 Å². The summed E-state index contributed by atoms with van der Waals surface area (Å²) in [6, 6.07) is 3.80. The van der Waals surface area contributed by atoms with Gasteiger partial charge in [-0.3, -0.25) is 0 Å². The average molecular weight is 230 g/mol. The minimum absolute atomic E-state index is 0.524. The van der Waals surface area contributed by atoms with Gasteiger partial charge >= 0.3 is 0 Å². The maximum Gasteiger partial charge on any atom is 0.145 e. The monoisotopic (exact) mass is 229 g/mol. The Balaban J connectivity index is 3.01. The summed E-state index contributed by atoms with van der Waals surface area (Å²) in [5, 5.41) is 3.75. The third-order valence-corrected chi connectivity index (χ3v) is 2.49. The molecule has 1 aromatic rings. The van der Waals surface area contributed by atoms with Crippen LogP contribution in [0.5, 0.6) is 11.5 Å². The highest BCUT2D eigenvalue weighted by Gasteiger charge is 2.12. The van der Waals surface area contributed by atoms with E-state index in [2.05, 4.69) is 12.2 Å². The van der Waals surface area contributed by atoms with Gasteiger partial charge in [-0.1, -0.05) is 24.6 Å². The lowest BCUT2D eigenvalue weighted by Crippen LogP contribution is -2.12. The van der Waals surface area contributed by atoms with Gasteiger partial charge in [-0.05, 0) is 12.6 Å². The standard InChI is InChI=1S/C11H16ClNO2/c1-4-13-7-8-5-6-9(14-2)10(12)11(8)15-3/h5-6,13H,4,7H2,1-3H3. The van der Waals surface area contributed by atoms with Crippen molar-refractivity contribution in [3.8, 4) is 11.5 Å². The number of benzene rings is 1. The first-order valence-corrected chi connectivity index (χ1v) is 5.22. The van der Waals surface area contributed by atoms with Crippen LogP contribution in [0.2, 0.25) is 5.02 Å². The van der Waals surface area contributed by atoms with Crippen molar-refractivity contribution in [3.63, 3.8) is 0 Å². The SMILES string of the molecule is CCNCc1ccc(OC)c(Cl)c1OC. The van der Waals surface area contributed by atoms with Gasteiger partial charge in [0, 0.05) is 12.1 Å². The van der Waals surface area contributed by atoms with Crippen molar-refractivity contribution in [1.29, 1.82) is 0 Å². The van der Waals surface area contributed by atoms with Gasteiger partial charge in [0.05, 0.1) is 14.2 Å². The van der Waals surface area contributed by atoms with Gasteiger partial charge in [0.15, 0.2) is 0 Å². The van der Waals surface area contributed by atoms with E-state index < -0.39 is 0 Å². The van der Waals surface area contributed by atoms with Gasteiger partial charge in [0.25, 0.3) is 0 Å². The molecule has 0 aromatic heterocycles. The topological polar surface area (TPSA) is 30.5 Å². The number of ether oxygens (including phenoxy) is 2. The zero-order valence-electron chi connectivity index (χ0n) is 9.26. The summed E-state index contributed by atoms with van der Waals surface area (Å²) < 4.78 is 10.4. The lowest BCUT2D eigenvalue weighted by Gasteiger charge is -2.13. The van der Waals surface area contributed by atoms with Crippen molar-refractivity contribution < 1.29 is 9.47 Å². The first-order chi connectivity index (χ1) is 7.24. The molecule has 0 spiro atoms. The van der Waals surface area contributed by atoms with Crippen LogP contribution >= 0.6 is 11.6 Å². The summed E-state index contributed by atoms with van der Waals surface area (Å²) in [7, 11) is 3.20. The van der Waals surface area contributed by atoms with E-state index in [0.717, 1.165) is 18.7 Å². The van der Waals surface area contributed by atoms with Gasteiger partial charge in [-0.2, -0.15) is 0 Å². The zero-order valence-corrected chi connectivity index (χ0v) is 10.0. The number of rotatable bonds is 5. The highest BCUT2D eigenvalue weighted by Crippen LogP contribution is 2.36. The maximum absolute atomic E-state index is 6.12. The number of halogens is 1. The molecule has 0 saturated heterocycles. The van der Waals surface area contributed by atoms with Crippen LogP contribution in [0.15, 0.2) is 12.1 Å². The molecule has 15 heavy (non-hydrogen) atoms. The number of nitrogens with one attached hydrogen (secondary N) is 1. The van der Waals surface area contributed by atoms with Crippen LogP contribution in [-0.4, -0.2) is 20.8 Å². The molecule has 0 aliphatic heterocycles. The Hall–Kier alpha value is -0.930. The number of hydrogen-bond donors (Lipinski definition) is 1. The van der Waals surface area contributed by atoms with Crippen LogP contribution in [0.25, 0.3) is 0 Å². The normalized spacial score (nSPS) is 10.1. The number of methoxy groups -OCH3 is 2. The molecule has 0 aliphatic carbocycles. The Bertz CT molecular complexity index is 329. The molecule has 1 rings (SSSR count). The molecule has 0 saturated carbocycles. The predicted molar refractivity (Wildman–Crippen MR) is 61.9 cm³/mol. The minimum Gasteiger partial charge on any atom is -0.495 e. The fourth-order valence-electron chi connectivity index (χ4n) is 1.36. The lowest BCUT2D eigenvalue weighted by molar-refractivity contribution is 0.390. The van der Waals surface area contributed by atoms with E-state index in [9.17, 15) is 0 Å². The summed E-state index contributed by atoms with van der Waals surface area (Å²) in [5.41, 5.74) is 1.03. The van der Waals surface area contributed by atoms with Gasteiger partial charge < -0.3 is 14.8 Å². The van der Waals surface area contributed by atoms with E-state index in [0.29, 0.717) is 16.5 Å². The minimum atomic E-state index is 0.524. The van der Waals surface area contributed by atoms with Gasteiger partial charge in [-0.15, -0.1) is 0 Å². The molecule has 0 unspecified atom stereocenters. The van der Waals surface area contributed by atoms with Crippen LogP contribution in [0, 0.1) is 0 Å². The van der Waals surface area contributed by atoms with E-state index in [1.54, 1.807) is 14.2 Å². The first-order valence-electron chi connectivity index (χ1n) is 4.84. The molecule has 0 radical (unpaired) electrons. The molecule has 0 atom stereocenters. The maximum atomic E-state index is 6.12. The van der Waals surface area contributed by atoms with Crippen molar-refractivity contribution in [2.75, 3.05) is 20.8 Å².